The first-order valence-corrected chi connectivity index (χ1v) is 5.26. The van der Waals surface area contributed by atoms with Crippen molar-refractivity contribution in [1.82, 2.24) is 5.32 Å². The van der Waals surface area contributed by atoms with Crippen molar-refractivity contribution in [3.05, 3.63) is 28.2 Å². The predicted octanol–water partition coefficient (Wildman–Crippen LogP) is 2.41. The molecule has 1 aromatic carbocycles. The first kappa shape index (κ1) is 9.03. The molecule has 0 atom stereocenters. The minimum Gasteiger partial charge on any atom is -0.507 e. The smallest absolute Gasteiger partial charge is 0.130 e. The molecular formula is C10H12BrNO. The molecule has 3 heteroatoms. The van der Waals surface area contributed by atoms with Crippen LogP contribution in [0, 0.1) is 0 Å². The van der Waals surface area contributed by atoms with Crippen LogP contribution in [-0.2, 0) is 6.54 Å². The fourth-order valence-electron chi connectivity index (χ4n) is 1.24. The summed E-state index contributed by atoms with van der Waals surface area (Å²) >= 11 is 3.36. The number of phenolic OH excluding ortho intramolecular Hbond substituents is 1. The van der Waals surface area contributed by atoms with Crippen LogP contribution < -0.4 is 5.32 Å². The van der Waals surface area contributed by atoms with E-state index in [-0.39, 0.29) is 0 Å². The first-order valence-electron chi connectivity index (χ1n) is 4.47. The molecule has 1 aliphatic rings. The van der Waals surface area contributed by atoms with Crippen LogP contribution in [-0.4, -0.2) is 11.1 Å². The molecule has 0 unspecified atom stereocenters. The van der Waals surface area contributed by atoms with Gasteiger partial charge in [-0.15, -0.1) is 0 Å². The van der Waals surface area contributed by atoms with Crippen molar-refractivity contribution in [3.63, 3.8) is 0 Å². The summed E-state index contributed by atoms with van der Waals surface area (Å²) in [4.78, 5) is 0. The van der Waals surface area contributed by atoms with E-state index in [1.54, 1.807) is 6.07 Å². The van der Waals surface area contributed by atoms with Crippen LogP contribution in [0.4, 0.5) is 0 Å². The predicted molar refractivity (Wildman–Crippen MR) is 55.7 cm³/mol. The van der Waals surface area contributed by atoms with Crippen LogP contribution in [0.2, 0.25) is 0 Å². The molecule has 0 bridgehead atoms. The van der Waals surface area contributed by atoms with Crippen molar-refractivity contribution in [2.45, 2.75) is 25.4 Å². The van der Waals surface area contributed by atoms with Crippen LogP contribution in [0.25, 0.3) is 0 Å². The summed E-state index contributed by atoms with van der Waals surface area (Å²) in [6.45, 7) is 0.833. The summed E-state index contributed by atoms with van der Waals surface area (Å²) in [5.74, 6) is 0.315. The number of hydrogen-bond donors (Lipinski definition) is 2. The summed E-state index contributed by atoms with van der Waals surface area (Å²) in [7, 11) is 0. The quantitative estimate of drug-likeness (QED) is 0.853. The average molecular weight is 242 g/mol. The summed E-state index contributed by atoms with van der Waals surface area (Å²) in [6.07, 6.45) is 2.58. The van der Waals surface area contributed by atoms with Crippen molar-refractivity contribution in [2.24, 2.45) is 0 Å². The number of benzene rings is 1. The van der Waals surface area contributed by atoms with Gasteiger partial charge >= 0.3 is 0 Å². The molecule has 0 aliphatic heterocycles. The van der Waals surface area contributed by atoms with Crippen molar-refractivity contribution >= 4 is 15.9 Å². The van der Waals surface area contributed by atoms with Crippen molar-refractivity contribution in [1.29, 1.82) is 0 Å². The van der Waals surface area contributed by atoms with Gasteiger partial charge in [0.1, 0.15) is 5.75 Å². The van der Waals surface area contributed by atoms with Gasteiger partial charge < -0.3 is 10.4 Å². The second-order valence-corrected chi connectivity index (χ2v) is 4.20. The fraction of sp³-hybridized carbons (Fsp3) is 0.400. The molecule has 2 rings (SSSR count). The standard InChI is InChI=1S/C10H12BrNO/c11-10-7(2-1-3-9(10)13)6-12-8-4-5-8/h1-3,8,12-13H,4-6H2. The number of rotatable bonds is 3. The lowest BCUT2D eigenvalue weighted by Gasteiger charge is -2.06. The van der Waals surface area contributed by atoms with Gasteiger partial charge in [-0.3, -0.25) is 0 Å². The van der Waals surface area contributed by atoms with E-state index in [0.717, 1.165) is 16.6 Å². The van der Waals surface area contributed by atoms with E-state index >= 15 is 0 Å². The Bertz CT molecular complexity index is 310. The molecule has 0 amide bonds. The molecule has 0 heterocycles. The maximum Gasteiger partial charge on any atom is 0.130 e. The van der Waals surface area contributed by atoms with Gasteiger partial charge in [-0.1, -0.05) is 12.1 Å². The van der Waals surface area contributed by atoms with Gasteiger partial charge in [0.15, 0.2) is 0 Å². The molecule has 0 radical (unpaired) electrons. The first-order chi connectivity index (χ1) is 6.27. The fourth-order valence-corrected chi connectivity index (χ4v) is 1.65. The number of hydrogen-bond acceptors (Lipinski definition) is 2. The van der Waals surface area contributed by atoms with Crippen LogP contribution >= 0.6 is 15.9 Å². The van der Waals surface area contributed by atoms with Crippen molar-refractivity contribution in [3.8, 4) is 5.75 Å². The topological polar surface area (TPSA) is 32.3 Å². The minimum atomic E-state index is 0.315. The lowest BCUT2D eigenvalue weighted by molar-refractivity contribution is 0.470. The van der Waals surface area contributed by atoms with E-state index in [0.29, 0.717) is 11.8 Å². The van der Waals surface area contributed by atoms with E-state index < -0.39 is 0 Å². The lowest BCUT2D eigenvalue weighted by Crippen LogP contribution is -2.15. The largest absolute Gasteiger partial charge is 0.507 e. The van der Waals surface area contributed by atoms with Crippen molar-refractivity contribution < 1.29 is 5.11 Å². The Morgan fingerprint density at radius 2 is 2.23 bits per heavy atom. The summed E-state index contributed by atoms with van der Waals surface area (Å²) in [5, 5.41) is 12.8. The van der Waals surface area contributed by atoms with E-state index in [1.165, 1.54) is 12.8 Å². The highest BCUT2D eigenvalue weighted by atomic mass is 79.9. The molecule has 13 heavy (non-hydrogen) atoms. The zero-order valence-electron chi connectivity index (χ0n) is 7.26. The van der Waals surface area contributed by atoms with E-state index in [4.69, 9.17) is 0 Å². The van der Waals surface area contributed by atoms with Gasteiger partial charge in [-0.2, -0.15) is 0 Å². The summed E-state index contributed by atoms with van der Waals surface area (Å²) < 4.78 is 0.808. The Hall–Kier alpha value is -0.540. The van der Waals surface area contributed by atoms with Crippen LogP contribution in [0.3, 0.4) is 0 Å². The Morgan fingerprint density at radius 1 is 1.46 bits per heavy atom. The molecule has 0 aromatic heterocycles. The van der Waals surface area contributed by atoms with E-state index in [2.05, 4.69) is 21.2 Å². The normalized spacial score (nSPS) is 16.1. The van der Waals surface area contributed by atoms with Gasteiger partial charge in [-0.05, 0) is 40.4 Å². The Morgan fingerprint density at radius 3 is 2.92 bits per heavy atom. The summed E-state index contributed by atoms with van der Waals surface area (Å²) in [6, 6.07) is 6.27. The van der Waals surface area contributed by atoms with Crippen LogP contribution in [0.1, 0.15) is 18.4 Å². The zero-order valence-corrected chi connectivity index (χ0v) is 8.84. The molecule has 1 fully saturated rings. The maximum absolute atomic E-state index is 9.41. The Labute approximate surface area is 86.1 Å². The lowest BCUT2D eigenvalue weighted by atomic mass is 10.2. The van der Waals surface area contributed by atoms with Crippen LogP contribution in [0.15, 0.2) is 22.7 Å². The van der Waals surface area contributed by atoms with Crippen molar-refractivity contribution in [2.75, 3.05) is 0 Å². The molecule has 0 spiro atoms. The highest BCUT2D eigenvalue weighted by Gasteiger charge is 2.20. The second kappa shape index (κ2) is 3.68. The van der Waals surface area contributed by atoms with Gasteiger partial charge in [0.25, 0.3) is 0 Å². The highest BCUT2D eigenvalue weighted by molar-refractivity contribution is 9.10. The molecule has 1 aliphatic carbocycles. The van der Waals surface area contributed by atoms with E-state index in [1.807, 2.05) is 12.1 Å². The molecular weight excluding hydrogens is 230 g/mol. The monoisotopic (exact) mass is 241 g/mol. The SMILES string of the molecule is Oc1cccc(CNC2CC2)c1Br. The molecule has 0 saturated heterocycles. The van der Waals surface area contributed by atoms with Gasteiger partial charge in [-0.25, -0.2) is 0 Å². The third-order valence-corrected chi connectivity index (χ3v) is 3.13. The number of halogens is 1. The third-order valence-electron chi connectivity index (χ3n) is 2.22. The second-order valence-electron chi connectivity index (χ2n) is 3.41. The Kier molecular flexibility index (Phi) is 2.56. The molecule has 70 valence electrons. The maximum atomic E-state index is 9.41. The van der Waals surface area contributed by atoms with Gasteiger partial charge in [0.05, 0.1) is 4.47 Å². The highest BCUT2D eigenvalue weighted by Crippen LogP contribution is 2.28. The average Bonchev–Trinajstić information content (AvgIpc) is 2.91. The molecule has 2 N–H and O–H groups in total. The summed E-state index contributed by atoms with van der Waals surface area (Å²) in [5.41, 5.74) is 1.12. The molecule has 1 aromatic rings. The zero-order chi connectivity index (χ0) is 9.26. The number of phenols is 1. The van der Waals surface area contributed by atoms with Gasteiger partial charge in [0, 0.05) is 12.6 Å². The van der Waals surface area contributed by atoms with E-state index in [9.17, 15) is 5.11 Å². The number of aromatic hydroxyl groups is 1. The third kappa shape index (κ3) is 2.23. The minimum absolute atomic E-state index is 0.315. The molecule has 2 nitrogen and oxygen atoms in total. The van der Waals surface area contributed by atoms with Gasteiger partial charge in [0.2, 0.25) is 0 Å². The molecule has 1 saturated carbocycles. The van der Waals surface area contributed by atoms with Crippen LogP contribution in [0.5, 0.6) is 5.75 Å². The Balaban J connectivity index is 2.05. The number of nitrogens with one attached hydrogen (secondary N) is 1.